The van der Waals surface area contributed by atoms with Crippen LogP contribution in [0.4, 0.5) is 0 Å². The Bertz CT molecular complexity index is 699. The molecule has 2 N–H and O–H groups in total. The van der Waals surface area contributed by atoms with E-state index in [1.54, 1.807) is 48.5 Å². The van der Waals surface area contributed by atoms with Crippen LogP contribution in [0.5, 0.6) is 5.75 Å². The molecule has 0 fully saturated rings. The predicted molar refractivity (Wildman–Crippen MR) is 83.3 cm³/mol. The van der Waals surface area contributed by atoms with E-state index < -0.39 is 9.84 Å². The number of rotatable bonds is 6. The maximum Gasteiger partial charge on any atom is 0.181 e. The molecule has 0 unspecified atom stereocenters. The summed E-state index contributed by atoms with van der Waals surface area (Å²) >= 11 is 5.83. The zero-order valence-corrected chi connectivity index (χ0v) is 12.9. The highest BCUT2D eigenvalue weighted by atomic mass is 35.5. The summed E-state index contributed by atoms with van der Waals surface area (Å²) in [4.78, 5) is 0.273. The van der Waals surface area contributed by atoms with Crippen LogP contribution in [0.2, 0.25) is 5.02 Å². The lowest BCUT2D eigenvalue weighted by molar-refractivity contribution is 0.341. The summed E-state index contributed by atoms with van der Waals surface area (Å²) < 4.78 is 29.7. The van der Waals surface area contributed by atoms with E-state index in [-0.39, 0.29) is 17.3 Å². The minimum atomic E-state index is -3.36. The molecular formula is C15H16ClNO3S. The molecule has 2 rings (SSSR count). The quantitative estimate of drug-likeness (QED) is 0.886. The fourth-order valence-electron chi connectivity index (χ4n) is 1.78. The van der Waals surface area contributed by atoms with Crippen LogP contribution in [0.15, 0.2) is 53.4 Å². The minimum absolute atomic E-state index is 0.0707. The molecule has 0 aliphatic carbocycles. The SMILES string of the molecule is NCc1ccc(S(=O)(=O)CCOc2cccc(Cl)c2)cc1. The van der Waals surface area contributed by atoms with E-state index in [1.807, 2.05) is 0 Å². The van der Waals surface area contributed by atoms with Crippen LogP contribution in [0.3, 0.4) is 0 Å². The maximum absolute atomic E-state index is 12.2. The molecule has 0 spiro atoms. The first-order chi connectivity index (χ1) is 10.0. The highest BCUT2D eigenvalue weighted by Crippen LogP contribution is 2.18. The van der Waals surface area contributed by atoms with Gasteiger partial charge < -0.3 is 10.5 Å². The highest BCUT2D eigenvalue weighted by Gasteiger charge is 2.14. The van der Waals surface area contributed by atoms with E-state index in [2.05, 4.69) is 0 Å². The van der Waals surface area contributed by atoms with Gasteiger partial charge in [0, 0.05) is 11.6 Å². The van der Waals surface area contributed by atoms with Crippen LogP contribution < -0.4 is 10.5 Å². The molecule has 0 saturated heterocycles. The Morgan fingerprint density at radius 1 is 1.10 bits per heavy atom. The van der Waals surface area contributed by atoms with Gasteiger partial charge in [0.2, 0.25) is 0 Å². The predicted octanol–water partition coefficient (Wildman–Crippen LogP) is 2.65. The van der Waals surface area contributed by atoms with Crippen molar-refractivity contribution in [1.82, 2.24) is 0 Å². The molecule has 0 heterocycles. The Kier molecular flexibility index (Phi) is 5.22. The summed E-state index contributed by atoms with van der Waals surface area (Å²) in [5, 5.41) is 0.549. The lowest BCUT2D eigenvalue weighted by Crippen LogP contribution is -2.14. The summed E-state index contributed by atoms with van der Waals surface area (Å²) in [6, 6.07) is 13.4. The summed E-state index contributed by atoms with van der Waals surface area (Å²) in [6.07, 6.45) is 0. The molecule has 0 saturated carbocycles. The summed E-state index contributed by atoms with van der Waals surface area (Å²) in [5.41, 5.74) is 6.38. The van der Waals surface area contributed by atoms with Crippen molar-refractivity contribution < 1.29 is 13.2 Å². The topological polar surface area (TPSA) is 69.4 Å². The summed E-state index contributed by atoms with van der Waals surface area (Å²) in [6.45, 7) is 0.458. The zero-order valence-electron chi connectivity index (χ0n) is 11.3. The van der Waals surface area contributed by atoms with Crippen molar-refractivity contribution in [2.75, 3.05) is 12.4 Å². The second kappa shape index (κ2) is 6.93. The first kappa shape index (κ1) is 15.8. The standard InChI is InChI=1S/C15H16ClNO3S/c16-13-2-1-3-14(10-13)20-8-9-21(18,19)15-6-4-12(11-17)5-7-15/h1-7,10H,8-9,11,17H2. The molecule has 112 valence electrons. The number of halogens is 1. The highest BCUT2D eigenvalue weighted by molar-refractivity contribution is 7.91. The van der Waals surface area contributed by atoms with Gasteiger partial charge in [-0.05, 0) is 35.9 Å². The third-order valence-electron chi connectivity index (χ3n) is 2.94. The van der Waals surface area contributed by atoms with Gasteiger partial charge >= 0.3 is 0 Å². The Morgan fingerprint density at radius 3 is 2.43 bits per heavy atom. The smallest absolute Gasteiger partial charge is 0.181 e. The zero-order chi connectivity index (χ0) is 15.3. The van der Waals surface area contributed by atoms with E-state index >= 15 is 0 Å². The van der Waals surface area contributed by atoms with E-state index in [0.29, 0.717) is 17.3 Å². The van der Waals surface area contributed by atoms with Gasteiger partial charge in [0.05, 0.1) is 10.6 Å². The summed E-state index contributed by atoms with van der Waals surface area (Å²) in [7, 11) is -3.36. The number of hydrogen-bond donors (Lipinski definition) is 1. The Labute approximate surface area is 129 Å². The van der Waals surface area contributed by atoms with E-state index in [1.165, 1.54) is 0 Å². The third kappa shape index (κ3) is 4.46. The molecule has 0 aliphatic heterocycles. The number of nitrogens with two attached hydrogens (primary N) is 1. The fraction of sp³-hybridized carbons (Fsp3) is 0.200. The first-order valence-electron chi connectivity index (χ1n) is 6.41. The van der Waals surface area contributed by atoms with Crippen molar-refractivity contribution in [3.05, 3.63) is 59.1 Å². The number of hydrogen-bond acceptors (Lipinski definition) is 4. The van der Waals surface area contributed by atoms with Gasteiger partial charge in [0.15, 0.2) is 9.84 Å². The largest absolute Gasteiger partial charge is 0.492 e. The molecule has 6 heteroatoms. The van der Waals surface area contributed by atoms with Crippen molar-refractivity contribution in [1.29, 1.82) is 0 Å². The van der Waals surface area contributed by atoms with Crippen LogP contribution in [0.25, 0.3) is 0 Å². The van der Waals surface area contributed by atoms with Gasteiger partial charge in [-0.3, -0.25) is 0 Å². The van der Waals surface area contributed by atoms with Crippen molar-refractivity contribution >= 4 is 21.4 Å². The van der Waals surface area contributed by atoms with Gasteiger partial charge in [-0.15, -0.1) is 0 Å². The van der Waals surface area contributed by atoms with Crippen molar-refractivity contribution in [3.8, 4) is 5.75 Å². The van der Waals surface area contributed by atoms with E-state index in [0.717, 1.165) is 5.56 Å². The molecule has 21 heavy (non-hydrogen) atoms. The monoisotopic (exact) mass is 325 g/mol. The van der Waals surface area contributed by atoms with Gasteiger partial charge in [0.25, 0.3) is 0 Å². The average Bonchev–Trinajstić information content (AvgIpc) is 2.47. The average molecular weight is 326 g/mol. The first-order valence-corrected chi connectivity index (χ1v) is 8.44. The second-order valence-electron chi connectivity index (χ2n) is 4.47. The van der Waals surface area contributed by atoms with Crippen LogP contribution in [-0.4, -0.2) is 20.8 Å². The van der Waals surface area contributed by atoms with Gasteiger partial charge in [-0.25, -0.2) is 8.42 Å². The fourth-order valence-corrected chi connectivity index (χ4v) is 3.05. The molecule has 2 aromatic carbocycles. The molecule has 0 radical (unpaired) electrons. The normalized spacial score (nSPS) is 11.3. The lowest BCUT2D eigenvalue weighted by atomic mass is 10.2. The summed E-state index contributed by atoms with van der Waals surface area (Å²) in [5.74, 6) is 0.456. The number of ether oxygens (including phenoxy) is 1. The Balaban J connectivity index is 1.97. The number of benzene rings is 2. The van der Waals surface area contributed by atoms with Crippen LogP contribution >= 0.6 is 11.6 Å². The van der Waals surface area contributed by atoms with E-state index in [9.17, 15) is 8.42 Å². The Morgan fingerprint density at radius 2 is 1.81 bits per heavy atom. The van der Waals surface area contributed by atoms with Crippen molar-refractivity contribution in [2.24, 2.45) is 5.73 Å². The number of sulfone groups is 1. The minimum Gasteiger partial charge on any atom is -0.492 e. The maximum atomic E-state index is 12.2. The van der Waals surface area contributed by atoms with Crippen LogP contribution in [0.1, 0.15) is 5.56 Å². The molecule has 2 aromatic rings. The van der Waals surface area contributed by atoms with Gasteiger partial charge in [-0.1, -0.05) is 29.8 Å². The molecular weight excluding hydrogens is 310 g/mol. The van der Waals surface area contributed by atoms with Crippen LogP contribution in [0, 0.1) is 0 Å². The lowest BCUT2D eigenvalue weighted by Gasteiger charge is -2.08. The molecule has 0 amide bonds. The van der Waals surface area contributed by atoms with Crippen molar-refractivity contribution in [2.45, 2.75) is 11.4 Å². The molecule has 0 atom stereocenters. The molecule has 0 aliphatic rings. The van der Waals surface area contributed by atoms with E-state index in [4.69, 9.17) is 22.1 Å². The Hall–Kier alpha value is -1.56. The molecule has 4 nitrogen and oxygen atoms in total. The third-order valence-corrected chi connectivity index (χ3v) is 4.86. The molecule has 0 bridgehead atoms. The van der Waals surface area contributed by atoms with Crippen molar-refractivity contribution in [3.63, 3.8) is 0 Å². The van der Waals surface area contributed by atoms with Gasteiger partial charge in [0.1, 0.15) is 12.4 Å². The van der Waals surface area contributed by atoms with Gasteiger partial charge in [-0.2, -0.15) is 0 Å². The second-order valence-corrected chi connectivity index (χ2v) is 7.02. The van der Waals surface area contributed by atoms with Crippen LogP contribution in [-0.2, 0) is 16.4 Å². The molecule has 0 aromatic heterocycles.